The molecule has 0 heterocycles. The Morgan fingerprint density at radius 3 is 1.71 bits per heavy atom. The fourth-order valence-electron chi connectivity index (χ4n) is 2.60. The summed E-state index contributed by atoms with van der Waals surface area (Å²) >= 11 is 0. The van der Waals surface area contributed by atoms with Gasteiger partial charge < -0.3 is 19.8 Å². The van der Waals surface area contributed by atoms with Crippen molar-refractivity contribution in [1.82, 2.24) is 0 Å². The molecule has 0 fully saturated rings. The molecule has 0 saturated carbocycles. The second-order valence-corrected chi connectivity index (χ2v) is 6.25. The molecule has 0 spiro atoms. The predicted octanol–water partition coefficient (Wildman–Crippen LogP) is 2.75. The van der Waals surface area contributed by atoms with Crippen LogP contribution in [0.3, 0.4) is 0 Å². The standard InChI is InChI=1S/C19H34O4.Ni/c1-2-3-4-5-6-7-8-9-10-11-12-13-14-15-17(19(22)23)16-18(20)21;/h14-15,17H,2-13,16H2,1H3,(H,20,21)(H,22,23);/q;+2/p-2. The minimum atomic E-state index is -1.36. The molecule has 24 heavy (non-hydrogen) atoms. The van der Waals surface area contributed by atoms with Crippen molar-refractivity contribution in [3.05, 3.63) is 12.2 Å². The average molecular weight is 383 g/mol. The number of aliphatic carboxylic acids is 2. The van der Waals surface area contributed by atoms with Crippen molar-refractivity contribution >= 4 is 11.9 Å². The number of carboxylic acids is 2. The molecule has 5 heteroatoms. The summed E-state index contributed by atoms with van der Waals surface area (Å²) in [6.07, 6.45) is 17.4. The van der Waals surface area contributed by atoms with Crippen LogP contribution >= 0.6 is 0 Å². The first kappa shape index (κ1) is 25.4. The Kier molecular flexibility index (Phi) is 19.6. The van der Waals surface area contributed by atoms with Crippen LogP contribution in [-0.2, 0) is 26.1 Å². The molecular formula is C19H32NiO4. The van der Waals surface area contributed by atoms with Crippen LogP contribution in [0.4, 0.5) is 0 Å². The topological polar surface area (TPSA) is 80.3 Å². The summed E-state index contributed by atoms with van der Waals surface area (Å²) in [5.41, 5.74) is 0. The Labute approximate surface area is 157 Å². The number of allylic oxidation sites excluding steroid dienone is 1. The zero-order valence-corrected chi connectivity index (χ0v) is 15.9. The van der Waals surface area contributed by atoms with Gasteiger partial charge in [-0.05, 0) is 19.3 Å². The Morgan fingerprint density at radius 2 is 1.29 bits per heavy atom. The van der Waals surface area contributed by atoms with E-state index in [2.05, 4.69) is 6.92 Å². The molecule has 1 unspecified atom stereocenters. The summed E-state index contributed by atoms with van der Waals surface area (Å²) in [4.78, 5) is 21.1. The van der Waals surface area contributed by atoms with Gasteiger partial charge in [-0.1, -0.05) is 83.3 Å². The van der Waals surface area contributed by atoms with E-state index in [4.69, 9.17) is 0 Å². The van der Waals surface area contributed by atoms with Crippen molar-refractivity contribution in [1.29, 1.82) is 0 Å². The summed E-state index contributed by atoms with van der Waals surface area (Å²) in [6, 6.07) is 0. The van der Waals surface area contributed by atoms with Gasteiger partial charge in [-0.15, -0.1) is 0 Å². The van der Waals surface area contributed by atoms with Crippen molar-refractivity contribution < 1.29 is 36.3 Å². The Morgan fingerprint density at radius 1 is 0.833 bits per heavy atom. The third-order valence-electron chi connectivity index (χ3n) is 4.03. The maximum absolute atomic E-state index is 10.7. The average Bonchev–Trinajstić information content (AvgIpc) is 2.50. The van der Waals surface area contributed by atoms with E-state index in [-0.39, 0.29) is 16.5 Å². The van der Waals surface area contributed by atoms with E-state index in [0.717, 1.165) is 19.3 Å². The number of rotatable bonds is 16. The van der Waals surface area contributed by atoms with Gasteiger partial charge in [-0.2, -0.15) is 0 Å². The molecule has 0 saturated heterocycles. The minimum absolute atomic E-state index is 0. The molecule has 0 aliphatic carbocycles. The molecule has 0 bridgehead atoms. The first-order valence-corrected chi connectivity index (χ1v) is 9.15. The summed E-state index contributed by atoms with van der Waals surface area (Å²) in [6.45, 7) is 2.23. The van der Waals surface area contributed by atoms with Gasteiger partial charge in [0.05, 0.1) is 0 Å². The normalized spacial score (nSPS) is 12.0. The van der Waals surface area contributed by atoms with Gasteiger partial charge >= 0.3 is 16.5 Å². The van der Waals surface area contributed by atoms with Gasteiger partial charge in [0, 0.05) is 17.9 Å². The van der Waals surface area contributed by atoms with Crippen LogP contribution in [0.1, 0.15) is 90.4 Å². The number of hydrogen-bond acceptors (Lipinski definition) is 4. The van der Waals surface area contributed by atoms with Crippen molar-refractivity contribution in [2.45, 2.75) is 90.4 Å². The second kappa shape index (κ2) is 18.5. The summed E-state index contributed by atoms with van der Waals surface area (Å²) < 4.78 is 0. The quantitative estimate of drug-likeness (QED) is 0.233. The fraction of sp³-hybridized carbons (Fsp3) is 0.789. The molecule has 142 valence electrons. The molecule has 0 aromatic rings. The van der Waals surface area contributed by atoms with E-state index in [1.807, 2.05) is 0 Å². The number of carbonyl (C=O) groups is 2. The third-order valence-corrected chi connectivity index (χ3v) is 4.03. The van der Waals surface area contributed by atoms with E-state index >= 15 is 0 Å². The third kappa shape index (κ3) is 17.5. The van der Waals surface area contributed by atoms with Crippen LogP contribution in [0.5, 0.6) is 0 Å². The molecule has 1 atom stereocenters. The van der Waals surface area contributed by atoms with Crippen LogP contribution in [-0.4, -0.2) is 11.9 Å². The number of unbranched alkanes of at least 4 members (excludes halogenated alkanes) is 11. The minimum Gasteiger partial charge on any atom is -0.550 e. The van der Waals surface area contributed by atoms with Gasteiger partial charge in [-0.25, -0.2) is 0 Å². The molecule has 0 N–H and O–H groups in total. The molecule has 4 nitrogen and oxygen atoms in total. The molecule has 0 amide bonds. The molecular weight excluding hydrogens is 351 g/mol. The maximum atomic E-state index is 10.7. The summed E-state index contributed by atoms with van der Waals surface area (Å²) in [5, 5.41) is 21.1. The van der Waals surface area contributed by atoms with Gasteiger partial charge in [0.25, 0.3) is 0 Å². The number of hydrogen-bond donors (Lipinski definition) is 0. The zero-order valence-electron chi connectivity index (χ0n) is 14.9. The van der Waals surface area contributed by atoms with Crippen molar-refractivity contribution in [2.24, 2.45) is 5.92 Å². The predicted molar refractivity (Wildman–Crippen MR) is 88.3 cm³/mol. The van der Waals surface area contributed by atoms with E-state index in [1.165, 1.54) is 63.9 Å². The summed E-state index contributed by atoms with van der Waals surface area (Å²) in [5.74, 6) is -3.80. The van der Waals surface area contributed by atoms with Crippen LogP contribution < -0.4 is 10.2 Å². The molecule has 0 aliphatic heterocycles. The molecule has 0 rings (SSSR count). The van der Waals surface area contributed by atoms with Gasteiger partial charge in [0.2, 0.25) is 0 Å². The Hall–Kier alpha value is -0.826. The Balaban J connectivity index is 0. The molecule has 0 radical (unpaired) electrons. The van der Waals surface area contributed by atoms with Crippen molar-refractivity contribution in [3.63, 3.8) is 0 Å². The van der Waals surface area contributed by atoms with Crippen molar-refractivity contribution in [3.8, 4) is 0 Å². The van der Waals surface area contributed by atoms with Crippen LogP contribution in [0, 0.1) is 5.92 Å². The van der Waals surface area contributed by atoms with Crippen LogP contribution in [0.15, 0.2) is 12.2 Å². The molecule has 0 aliphatic rings. The van der Waals surface area contributed by atoms with E-state index in [0.29, 0.717) is 0 Å². The first-order valence-electron chi connectivity index (χ1n) is 9.15. The van der Waals surface area contributed by atoms with Gasteiger partial charge in [-0.3, -0.25) is 0 Å². The van der Waals surface area contributed by atoms with E-state index in [9.17, 15) is 19.8 Å². The molecule has 0 aromatic carbocycles. The zero-order chi connectivity index (χ0) is 17.3. The van der Waals surface area contributed by atoms with E-state index in [1.54, 1.807) is 6.08 Å². The van der Waals surface area contributed by atoms with Crippen LogP contribution in [0.25, 0.3) is 0 Å². The smallest absolute Gasteiger partial charge is 0.550 e. The van der Waals surface area contributed by atoms with Gasteiger partial charge in [0.15, 0.2) is 0 Å². The number of carboxylic acid groups (broad SMARTS) is 2. The first-order chi connectivity index (χ1) is 11.1. The molecule has 0 aromatic heterocycles. The maximum Gasteiger partial charge on any atom is 2.00 e. The second-order valence-electron chi connectivity index (χ2n) is 6.25. The fourth-order valence-corrected chi connectivity index (χ4v) is 2.60. The number of carbonyl (C=O) groups excluding carboxylic acids is 2. The SMILES string of the molecule is CCCCCCCCCCCCCC=CC(CC(=O)[O-])C(=O)[O-].[Ni+2]. The Bertz CT molecular complexity index is 342. The largest absolute Gasteiger partial charge is 2.00 e. The monoisotopic (exact) mass is 382 g/mol. The summed E-state index contributed by atoms with van der Waals surface area (Å²) in [7, 11) is 0. The van der Waals surface area contributed by atoms with Gasteiger partial charge in [0.1, 0.15) is 0 Å². The van der Waals surface area contributed by atoms with Crippen LogP contribution in [0.2, 0.25) is 0 Å². The van der Waals surface area contributed by atoms with Crippen molar-refractivity contribution in [2.75, 3.05) is 0 Å². The van der Waals surface area contributed by atoms with E-state index < -0.39 is 24.3 Å².